The third-order valence-electron chi connectivity index (χ3n) is 1.90. The van der Waals surface area contributed by atoms with Crippen LogP contribution in [-0.2, 0) is 14.6 Å². The van der Waals surface area contributed by atoms with E-state index in [4.69, 9.17) is 4.42 Å². The maximum Gasteiger partial charge on any atom is 0.317 e. The Morgan fingerprint density at radius 2 is 2.12 bits per heavy atom. The molecule has 2 rings (SSSR count). The molecule has 1 N–H and O–H groups in total. The molecule has 0 aliphatic heterocycles. The average molecular weight is 240 g/mol. The first kappa shape index (κ1) is 10.6. The largest absolute Gasteiger partial charge is 0.428 e. The molecule has 0 saturated carbocycles. The number of fused-ring (bicyclic) bond motifs is 1. The first-order valence-corrected chi connectivity index (χ1v) is 6.04. The van der Waals surface area contributed by atoms with Crippen LogP contribution in [0.5, 0.6) is 0 Å². The highest BCUT2D eigenvalue weighted by Crippen LogP contribution is 2.18. The molecular weight excluding hydrogens is 232 g/mol. The average Bonchev–Trinajstić information content (AvgIpc) is 2.71. The Morgan fingerprint density at radius 3 is 2.81 bits per heavy atom. The number of nitrogens with one attached hydrogen (secondary N) is 1. The van der Waals surface area contributed by atoms with Crippen LogP contribution >= 0.6 is 0 Å². The fourth-order valence-electron chi connectivity index (χ4n) is 1.19. The van der Waals surface area contributed by atoms with Crippen LogP contribution in [0.1, 0.15) is 0 Å². The van der Waals surface area contributed by atoms with Crippen molar-refractivity contribution in [3.8, 4) is 0 Å². The van der Waals surface area contributed by atoms with Crippen molar-refractivity contribution in [2.45, 2.75) is 5.22 Å². The van der Waals surface area contributed by atoms with Gasteiger partial charge in [0.25, 0.3) is 0 Å². The monoisotopic (exact) mass is 240 g/mol. The molecule has 1 amide bonds. The van der Waals surface area contributed by atoms with Crippen molar-refractivity contribution in [2.75, 3.05) is 5.88 Å². The molecule has 6 nitrogen and oxygen atoms in total. The number of sulfone groups is 1. The standard InChI is InChI=1S/C9H8N2O4S/c12-5-10-6-16(13,14)9-11-7-3-1-2-4-8(7)15-9/h1-5H,6H2,(H,10,12). The zero-order valence-electron chi connectivity index (χ0n) is 8.08. The molecule has 0 aliphatic rings. The zero-order valence-corrected chi connectivity index (χ0v) is 8.90. The summed E-state index contributed by atoms with van der Waals surface area (Å²) in [5, 5.41) is 1.68. The Balaban J connectivity index is 2.43. The van der Waals surface area contributed by atoms with Gasteiger partial charge in [-0.1, -0.05) is 12.1 Å². The minimum atomic E-state index is -3.70. The van der Waals surface area contributed by atoms with Gasteiger partial charge in [-0.3, -0.25) is 4.79 Å². The molecule has 0 saturated heterocycles. The summed E-state index contributed by atoms with van der Waals surface area (Å²) < 4.78 is 28.2. The van der Waals surface area contributed by atoms with Gasteiger partial charge in [-0.25, -0.2) is 8.42 Å². The summed E-state index contributed by atoms with van der Waals surface area (Å²) in [4.78, 5) is 13.9. The smallest absolute Gasteiger partial charge is 0.317 e. The molecular formula is C9H8N2O4S. The van der Waals surface area contributed by atoms with Crippen LogP contribution in [0.3, 0.4) is 0 Å². The van der Waals surface area contributed by atoms with E-state index < -0.39 is 15.7 Å². The number of hydrogen-bond donors (Lipinski definition) is 1. The van der Waals surface area contributed by atoms with Crippen molar-refractivity contribution in [1.29, 1.82) is 0 Å². The quantitative estimate of drug-likeness (QED) is 0.776. The lowest BCUT2D eigenvalue weighted by Crippen LogP contribution is -2.21. The van der Waals surface area contributed by atoms with E-state index in [0.717, 1.165) is 0 Å². The number of rotatable bonds is 4. The lowest BCUT2D eigenvalue weighted by atomic mass is 10.3. The molecule has 0 fully saturated rings. The van der Waals surface area contributed by atoms with Crippen LogP contribution in [0.4, 0.5) is 0 Å². The molecule has 1 heterocycles. The number of para-hydroxylation sites is 2. The second kappa shape index (κ2) is 3.93. The number of amides is 1. The van der Waals surface area contributed by atoms with Gasteiger partial charge >= 0.3 is 5.22 Å². The van der Waals surface area contributed by atoms with Crippen LogP contribution in [0.25, 0.3) is 11.1 Å². The van der Waals surface area contributed by atoms with Crippen LogP contribution in [0.15, 0.2) is 33.9 Å². The SMILES string of the molecule is O=CNCS(=O)(=O)c1nc2ccccc2o1. The highest BCUT2D eigenvalue weighted by atomic mass is 32.2. The van der Waals surface area contributed by atoms with Crippen molar-refractivity contribution < 1.29 is 17.6 Å². The van der Waals surface area contributed by atoms with E-state index in [1.807, 2.05) is 0 Å². The number of hydrogen-bond acceptors (Lipinski definition) is 5. The number of aromatic nitrogens is 1. The summed E-state index contributed by atoms with van der Waals surface area (Å²) in [6.07, 6.45) is 0.306. The second-order valence-corrected chi connectivity index (χ2v) is 4.90. The highest BCUT2D eigenvalue weighted by Gasteiger charge is 2.21. The second-order valence-electron chi connectivity index (χ2n) is 3.03. The van der Waals surface area contributed by atoms with Crippen molar-refractivity contribution in [1.82, 2.24) is 10.3 Å². The number of carbonyl (C=O) groups excluding carboxylic acids is 1. The Hall–Kier alpha value is -1.89. The number of nitrogens with zero attached hydrogens (tertiary/aromatic N) is 1. The first-order valence-electron chi connectivity index (χ1n) is 4.39. The van der Waals surface area contributed by atoms with Gasteiger partial charge in [0.15, 0.2) is 5.58 Å². The molecule has 0 bridgehead atoms. The predicted octanol–water partition coefficient (Wildman–Crippen LogP) is 0.305. The van der Waals surface area contributed by atoms with Crippen molar-refractivity contribution in [3.05, 3.63) is 24.3 Å². The van der Waals surface area contributed by atoms with Gasteiger partial charge in [-0.05, 0) is 12.1 Å². The molecule has 0 spiro atoms. The molecule has 0 aliphatic carbocycles. The number of benzene rings is 1. The van der Waals surface area contributed by atoms with Crippen LogP contribution in [0, 0.1) is 0 Å². The maximum atomic E-state index is 11.6. The van der Waals surface area contributed by atoms with E-state index in [-0.39, 0.29) is 5.22 Å². The maximum absolute atomic E-state index is 11.6. The Bertz CT molecular complexity index is 584. The summed E-state index contributed by atoms with van der Waals surface area (Å²) in [5.41, 5.74) is 0.861. The molecule has 1 aromatic carbocycles. The fourth-order valence-corrected chi connectivity index (χ4v) is 2.05. The Labute approximate surface area is 91.2 Å². The lowest BCUT2D eigenvalue weighted by molar-refractivity contribution is -0.109. The molecule has 0 atom stereocenters. The minimum absolute atomic E-state index is 0.306. The Kier molecular flexibility index (Phi) is 2.61. The minimum Gasteiger partial charge on any atom is -0.428 e. The van der Waals surface area contributed by atoms with E-state index in [0.29, 0.717) is 17.5 Å². The van der Waals surface area contributed by atoms with Gasteiger partial charge in [-0.2, -0.15) is 4.98 Å². The van der Waals surface area contributed by atoms with E-state index in [9.17, 15) is 13.2 Å². The van der Waals surface area contributed by atoms with E-state index in [1.54, 1.807) is 24.3 Å². The fraction of sp³-hybridized carbons (Fsp3) is 0.111. The summed E-state index contributed by atoms with van der Waals surface area (Å²) in [7, 11) is -3.70. The van der Waals surface area contributed by atoms with E-state index >= 15 is 0 Å². The molecule has 2 aromatic rings. The molecule has 84 valence electrons. The third kappa shape index (κ3) is 1.89. The van der Waals surface area contributed by atoms with Gasteiger partial charge in [0.05, 0.1) is 0 Å². The number of oxazole rings is 1. The van der Waals surface area contributed by atoms with Gasteiger partial charge in [-0.15, -0.1) is 0 Å². The van der Waals surface area contributed by atoms with Crippen LogP contribution in [0.2, 0.25) is 0 Å². The molecule has 0 radical (unpaired) electrons. The van der Waals surface area contributed by atoms with Gasteiger partial charge < -0.3 is 9.73 Å². The summed E-state index contributed by atoms with van der Waals surface area (Å²) >= 11 is 0. The van der Waals surface area contributed by atoms with Gasteiger partial charge in [0, 0.05) is 0 Å². The predicted molar refractivity (Wildman–Crippen MR) is 55.3 cm³/mol. The van der Waals surface area contributed by atoms with Crippen molar-refractivity contribution >= 4 is 27.3 Å². The normalized spacial score (nSPS) is 11.5. The topological polar surface area (TPSA) is 89.3 Å². The van der Waals surface area contributed by atoms with Gasteiger partial charge in [0.1, 0.15) is 11.4 Å². The van der Waals surface area contributed by atoms with Crippen LogP contribution < -0.4 is 5.32 Å². The summed E-state index contributed by atoms with van der Waals surface area (Å²) in [5.74, 6) is -0.524. The molecule has 7 heteroatoms. The van der Waals surface area contributed by atoms with E-state index in [2.05, 4.69) is 10.3 Å². The summed E-state index contributed by atoms with van der Waals surface area (Å²) in [6.45, 7) is 0. The molecule has 1 aromatic heterocycles. The lowest BCUT2D eigenvalue weighted by Gasteiger charge is -1.96. The van der Waals surface area contributed by atoms with Crippen molar-refractivity contribution in [3.63, 3.8) is 0 Å². The van der Waals surface area contributed by atoms with Crippen molar-refractivity contribution in [2.24, 2.45) is 0 Å². The zero-order chi connectivity index (χ0) is 11.6. The van der Waals surface area contributed by atoms with E-state index in [1.165, 1.54) is 0 Å². The third-order valence-corrected chi connectivity index (χ3v) is 3.15. The number of carbonyl (C=O) groups is 1. The Morgan fingerprint density at radius 1 is 1.38 bits per heavy atom. The first-order chi connectivity index (χ1) is 7.63. The molecule has 0 unspecified atom stereocenters. The van der Waals surface area contributed by atoms with Crippen LogP contribution in [-0.4, -0.2) is 25.7 Å². The highest BCUT2D eigenvalue weighted by molar-refractivity contribution is 7.91. The summed E-state index contributed by atoms with van der Waals surface area (Å²) in [6, 6.07) is 6.71. The van der Waals surface area contributed by atoms with Gasteiger partial charge in [0.2, 0.25) is 16.2 Å². The molecule has 16 heavy (non-hydrogen) atoms.